The fourth-order valence-corrected chi connectivity index (χ4v) is 5.00. The highest BCUT2D eigenvalue weighted by Crippen LogP contribution is 2.35. The van der Waals surface area contributed by atoms with Crippen molar-refractivity contribution in [3.63, 3.8) is 0 Å². The summed E-state index contributed by atoms with van der Waals surface area (Å²) in [4.78, 5) is 35.0. The number of aromatic nitrogens is 1. The average Bonchev–Trinajstić information content (AvgIpc) is 3.50. The van der Waals surface area contributed by atoms with Crippen molar-refractivity contribution in [1.82, 2.24) is 9.88 Å². The molecule has 0 atom stereocenters. The first kappa shape index (κ1) is 26.9. The van der Waals surface area contributed by atoms with Gasteiger partial charge in [0.05, 0.1) is 35.2 Å². The van der Waals surface area contributed by atoms with Crippen molar-refractivity contribution in [2.24, 2.45) is 0 Å². The molecule has 2 fully saturated rings. The van der Waals surface area contributed by atoms with E-state index < -0.39 is 5.91 Å². The SMILES string of the molecule is N=C(c1ccc(C(=O)Nc2c(C(=O)Nc3ccc(Cl)cn3)cc(Cl)cc2N2CCOCC2)cc1)N1CCCC1. The van der Waals surface area contributed by atoms with Crippen LogP contribution in [-0.4, -0.2) is 66.9 Å². The largest absolute Gasteiger partial charge is 0.378 e. The van der Waals surface area contributed by atoms with E-state index in [2.05, 4.69) is 15.6 Å². The lowest BCUT2D eigenvalue weighted by Gasteiger charge is -2.31. The molecule has 3 N–H and O–H groups in total. The van der Waals surface area contributed by atoms with Crippen molar-refractivity contribution in [2.75, 3.05) is 54.9 Å². The second kappa shape index (κ2) is 12.0. The van der Waals surface area contributed by atoms with Crippen molar-refractivity contribution >= 4 is 58.0 Å². The van der Waals surface area contributed by atoms with Gasteiger partial charge in [0.25, 0.3) is 11.8 Å². The zero-order valence-corrected chi connectivity index (χ0v) is 22.7. The van der Waals surface area contributed by atoms with Crippen LogP contribution in [0.15, 0.2) is 54.7 Å². The molecule has 39 heavy (non-hydrogen) atoms. The maximum absolute atomic E-state index is 13.4. The van der Waals surface area contributed by atoms with Crippen LogP contribution >= 0.6 is 23.2 Å². The number of hydrogen-bond donors (Lipinski definition) is 3. The number of carbonyl (C=O) groups excluding carboxylic acids is 2. The molecule has 0 spiro atoms. The molecule has 2 aliphatic heterocycles. The number of benzene rings is 2. The lowest BCUT2D eigenvalue weighted by molar-refractivity contribution is 0.102. The molecule has 2 amide bonds. The van der Waals surface area contributed by atoms with Gasteiger partial charge in [0.1, 0.15) is 11.7 Å². The number of nitrogens with zero attached hydrogens (tertiary/aromatic N) is 3. The van der Waals surface area contributed by atoms with E-state index in [1.165, 1.54) is 12.3 Å². The summed E-state index contributed by atoms with van der Waals surface area (Å²) in [5, 5.41) is 15.0. The van der Waals surface area contributed by atoms with Gasteiger partial charge in [-0.25, -0.2) is 4.98 Å². The zero-order chi connectivity index (χ0) is 27.4. The van der Waals surface area contributed by atoms with E-state index in [4.69, 9.17) is 33.3 Å². The van der Waals surface area contributed by atoms with Crippen molar-refractivity contribution < 1.29 is 14.3 Å². The molecule has 5 rings (SSSR count). The Morgan fingerprint density at radius 3 is 2.21 bits per heavy atom. The molecular weight excluding hydrogens is 539 g/mol. The van der Waals surface area contributed by atoms with Gasteiger partial charge < -0.3 is 25.2 Å². The van der Waals surface area contributed by atoms with Crippen LogP contribution in [0.3, 0.4) is 0 Å². The minimum absolute atomic E-state index is 0.196. The van der Waals surface area contributed by atoms with E-state index >= 15 is 0 Å². The number of amidine groups is 1. The van der Waals surface area contributed by atoms with Gasteiger partial charge in [0, 0.05) is 48.5 Å². The Bertz CT molecular complexity index is 1370. The first-order chi connectivity index (χ1) is 18.9. The van der Waals surface area contributed by atoms with Crippen molar-refractivity contribution in [3.8, 4) is 0 Å². The van der Waals surface area contributed by atoms with Crippen molar-refractivity contribution in [3.05, 3.63) is 81.5 Å². The summed E-state index contributed by atoms with van der Waals surface area (Å²) in [6, 6.07) is 13.4. The van der Waals surface area contributed by atoms with E-state index in [1.54, 1.807) is 42.5 Å². The number of likely N-dealkylation sites (tertiary alicyclic amines) is 1. The summed E-state index contributed by atoms with van der Waals surface area (Å²) in [6.45, 7) is 3.93. The van der Waals surface area contributed by atoms with Gasteiger partial charge in [-0.1, -0.05) is 35.3 Å². The van der Waals surface area contributed by atoms with E-state index in [1.807, 2.05) is 9.80 Å². The smallest absolute Gasteiger partial charge is 0.259 e. The summed E-state index contributed by atoms with van der Waals surface area (Å²) < 4.78 is 5.49. The fraction of sp³-hybridized carbons (Fsp3) is 0.286. The second-order valence-electron chi connectivity index (χ2n) is 9.34. The summed E-state index contributed by atoms with van der Waals surface area (Å²) in [7, 11) is 0. The van der Waals surface area contributed by atoms with Crippen LogP contribution in [0.4, 0.5) is 17.2 Å². The lowest BCUT2D eigenvalue weighted by atomic mass is 10.1. The highest BCUT2D eigenvalue weighted by molar-refractivity contribution is 6.32. The van der Waals surface area contributed by atoms with Crippen LogP contribution in [0.2, 0.25) is 10.0 Å². The number of amides is 2. The van der Waals surface area contributed by atoms with Gasteiger partial charge in [-0.2, -0.15) is 0 Å². The van der Waals surface area contributed by atoms with Gasteiger partial charge in [0.2, 0.25) is 0 Å². The molecule has 2 saturated heterocycles. The highest BCUT2D eigenvalue weighted by atomic mass is 35.5. The Hall–Kier alpha value is -3.66. The third-order valence-corrected chi connectivity index (χ3v) is 7.17. The Kier molecular flexibility index (Phi) is 8.30. The number of morpholine rings is 1. The van der Waals surface area contributed by atoms with Gasteiger partial charge in [-0.3, -0.25) is 15.0 Å². The molecule has 1 aromatic heterocycles. The molecule has 202 valence electrons. The van der Waals surface area contributed by atoms with Crippen LogP contribution in [0.25, 0.3) is 0 Å². The predicted octanol–water partition coefficient (Wildman–Crippen LogP) is 5.15. The van der Waals surface area contributed by atoms with Gasteiger partial charge >= 0.3 is 0 Å². The number of pyridine rings is 1. The molecule has 0 saturated carbocycles. The lowest BCUT2D eigenvalue weighted by Crippen LogP contribution is -2.37. The first-order valence-corrected chi connectivity index (χ1v) is 13.5. The van der Waals surface area contributed by atoms with E-state index in [0.717, 1.165) is 31.5 Å². The molecule has 0 bridgehead atoms. The standard InChI is InChI=1S/C28H28Cl2N6O3/c29-20-7-8-24(32-17-20)33-28(38)22-15-21(30)16-23(35-11-13-39-14-12-35)25(22)34-27(37)19-5-3-18(4-6-19)26(31)36-9-1-2-10-36/h3-8,15-17,31H,1-2,9-14H2,(H,34,37)(H,32,33,38). The van der Waals surface area contributed by atoms with Crippen LogP contribution in [0.5, 0.6) is 0 Å². The quantitative estimate of drug-likeness (QED) is 0.281. The molecule has 2 aliphatic rings. The Labute approximate surface area is 236 Å². The van der Waals surface area contributed by atoms with Crippen LogP contribution in [-0.2, 0) is 4.74 Å². The maximum Gasteiger partial charge on any atom is 0.259 e. The summed E-state index contributed by atoms with van der Waals surface area (Å²) in [5.74, 6) is -0.0940. The molecular formula is C28H28Cl2N6O3. The minimum Gasteiger partial charge on any atom is -0.378 e. The molecule has 0 unspecified atom stereocenters. The van der Waals surface area contributed by atoms with Gasteiger partial charge in [0.15, 0.2) is 0 Å². The summed E-state index contributed by atoms with van der Waals surface area (Å²) in [6.07, 6.45) is 3.60. The molecule has 3 heterocycles. The monoisotopic (exact) mass is 566 g/mol. The zero-order valence-electron chi connectivity index (χ0n) is 21.2. The fourth-order valence-electron chi connectivity index (χ4n) is 4.68. The minimum atomic E-state index is -0.480. The van der Waals surface area contributed by atoms with Gasteiger partial charge in [-0.15, -0.1) is 0 Å². The predicted molar refractivity (Wildman–Crippen MR) is 154 cm³/mol. The molecule has 3 aromatic rings. The number of anilines is 3. The number of carbonyl (C=O) groups is 2. The van der Waals surface area contributed by atoms with Crippen LogP contribution in [0, 0.1) is 5.41 Å². The maximum atomic E-state index is 13.4. The van der Waals surface area contributed by atoms with E-state index in [9.17, 15) is 9.59 Å². The number of hydrogen-bond acceptors (Lipinski definition) is 6. The molecule has 0 radical (unpaired) electrons. The third-order valence-electron chi connectivity index (χ3n) is 6.73. The Morgan fingerprint density at radius 2 is 1.54 bits per heavy atom. The Balaban J connectivity index is 1.44. The van der Waals surface area contributed by atoms with E-state index in [0.29, 0.717) is 64.9 Å². The highest BCUT2D eigenvalue weighted by Gasteiger charge is 2.24. The van der Waals surface area contributed by atoms with Crippen LogP contribution < -0.4 is 15.5 Å². The van der Waals surface area contributed by atoms with Gasteiger partial charge in [-0.05, 0) is 49.2 Å². The van der Waals surface area contributed by atoms with E-state index in [-0.39, 0.29) is 11.5 Å². The Morgan fingerprint density at radius 1 is 0.846 bits per heavy atom. The van der Waals surface area contributed by atoms with Crippen molar-refractivity contribution in [2.45, 2.75) is 12.8 Å². The normalized spacial score (nSPS) is 15.2. The second-order valence-corrected chi connectivity index (χ2v) is 10.2. The number of nitrogens with one attached hydrogen (secondary N) is 3. The molecule has 0 aliphatic carbocycles. The summed E-state index contributed by atoms with van der Waals surface area (Å²) >= 11 is 12.4. The molecule has 9 nitrogen and oxygen atoms in total. The number of halogens is 2. The topological polar surface area (TPSA) is 111 Å². The third kappa shape index (κ3) is 6.33. The number of ether oxygens (including phenoxy) is 1. The van der Waals surface area contributed by atoms with Crippen molar-refractivity contribution in [1.29, 1.82) is 5.41 Å². The molecule has 11 heteroatoms. The first-order valence-electron chi connectivity index (χ1n) is 12.7. The summed E-state index contributed by atoms with van der Waals surface area (Å²) in [5.41, 5.74) is 2.32. The molecule has 2 aromatic carbocycles. The number of rotatable bonds is 6. The average molecular weight is 567 g/mol. The van der Waals surface area contributed by atoms with Crippen LogP contribution in [0.1, 0.15) is 39.1 Å².